The van der Waals surface area contributed by atoms with Crippen molar-refractivity contribution in [2.75, 3.05) is 14.2 Å². The fourth-order valence-corrected chi connectivity index (χ4v) is 3.08. The van der Waals surface area contributed by atoms with E-state index in [0.717, 1.165) is 22.3 Å². The maximum atomic E-state index is 12.1. The molecule has 3 heterocycles. The molecule has 0 spiro atoms. The number of ether oxygens (including phenoxy) is 2. The smallest absolute Gasteiger partial charge is 0.341 e. The van der Waals surface area contributed by atoms with E-state index in [0.29, 0.717) is 11.3 Å². The van der Waals surface area contributed by atoms with Crippen LogP contribution in [0.3, 0.4) is 0 Å². The lowest BCUT2D eigenvalue weighted by molar-refractivity contribution is 0.0600. The Hall–Kier alpha value is -3.68. The predicted molar refractivity (Wildman–Crippen MR) is 98.7 cm³/mol. The Balaban J connectivity index is 1.98. The molecule has 1 aromatic carbocycles. The molecule has 0 radical (unpaired) electrons. The van der Waals surface area contributed by atoms with Crippen molar-refractivity contribution >= 4 is 16.9 Å². The number of methoxy groups -OCH3 is 2. The molecule has 0 aliphatic carbocycles. The van der Waals surface area contributed by atoms with Gasteiger partial charge < -0.3 is 14.0 Å². The van der Waals surface area contributed by atoms with Crippen molar-refractivity contribution in [2.45, 2.75) is 6.92 Å². The van der Waals surface area contributed by atoms with Crippen LogP contribution in [-0.2, 0) is 4.74 Å². The molecule has 0 bridgehead atoms. The van der Waals surface area contributed by atoms with Crippen LogP contribution in [-0.4, -0.2) is 39.9 Å². The standard InChI is InChI=1S/C19H16N4O4/c1-10-6-16(26-2)12-7-11(4-5-15(12)20-10)23-8-13-17(21-22-18(13)24)14(9-23)19(25)27-3/h4-9H,1-3H3,(H,22,24). The van der Waals surface area contributed by atoms with Gasteiger partial charge in [0.05, 0.1) is 25.3 Å². The number of aromatic nitrogens is 4. The number of rotatable bonds is 3. The first-order valence-corrected chi connectivity index (χ1v) is 8.16. The third-order valence-electron chi connectivity index (χ3n) is 4.37. The lowest BCUT2D eigenvalue weighted by Crippen LogP contribution is -2.11. The molecule has 0 saturated carbocycles. The van der Waals surface area contributed by atoms with Crippen LogP contribution < -0.4 is 10.3 Å². The second kappa shape index (κ2) is 6.24. The number of hydrogen-bond acceptors (Lipinski definition) is 6. The zero-order chi connectivity index (χ0) is 19.1. The van der Waals surface area contributed by atoms with Gasteiger partial charge in [-0.1, -0.05) is 0 Å². The monoisotopic (exact) mass is 364 g/mol. The van der Waals surface area contributed by atoms with Crippen LogP contribution in [0.15, 0.2) is 41.5 Å². The van der Waals surface area contributed by atoms with Gasteiger partial charge in [-0.25, -0.2) is 9.89 Å². The Bertz CT molecular complexity index is 1210. The van der Waals surface area contributed by atoms with E-state index < -0.39 is 5.97 Å². The van der Waals surface area contributed by atoms with E-state index in [1.165, 1.54) is 7.11 Å². The molecule has 0 unspecified atom stereocenters. The van der Waals surface area contributed by atoms with Crippen LogP contribution >= 0.6 is 0 Å². The highest BCUT2D eigenvalue weighted by molar-refractivity contribution is 5.96. The second-order valence-electron chi connectivity index (χ2n) is 6.05. The molecule has 0 amide bonds. The van der Waals surface area contributed by atoms with Crippen molar-refractivity contribution in [3.63, 3.8) is 0 Å². The third kappa shape index (κ3) is 2.71. The van der Waals surface area contributed by atoms with Crippen LogP contribution in [0.5, 0.6) is 5.75 Å². The summed E-state index contributed by atoms with van der Waals surface area (Å²) in [6.07, 6.45) is 3.21. The average molecular weight is 364 g/mol. The Morgan fingerprint density at radius 2 is 2.00 bits per heavy atom. The van der Waals surface area contributed by atoms with Gasteiger partial charge in [-0.15, -0.1) is 0 Å². The van der Waals surface area contributed by atoms with Crippen molar-refractivity contribution in [2.24, 2.45) is 0 Å². The number of nitrogens with one attached hydrogen (secondary N) is 1. The van der Waals surface area contributed by atoms with Crippen molar-refractivity contribution in [3.8, 4) is 22.7 Å². The lowest BCUT2D eigenvalue weighted by Gasteiger charge is -2.13. The Morgan fingerprint density at radius 3 is 2.74 bits per heavy atom. The van der Waals surface area contributed by atoms with Crippen LogP contribution in [0, 0.1) is 6.92 Å². The molecule has 2 aliphatic heterocycles. The van der Waals surface area contributed by atoms with Gasteiger partial charge in [-0.3, -0.25) is 9.78 Å². The van der Waals surface area contributed by atoms with Crippen LogP contribution in [0.2, 0.25) is 0 Å². The third-order valence-corrected chi connectivity index (χ3v) is 4.37. The van der Waals surface area contributed by atoms with E-state index >= 15 is 0 Å². The normalized spacial score (nSPS) is 11.1. The molecule has 8 nitrogen and oxygen atoms in total. The first-order valence-electron chi connectivity index (χ1n) is 8.16. The molecule has 1 aromatic heterocycles. The fraction of sp³-hybridized carbons (Fsp3) is 0.158. The van der Waals surface area contributed by atoms with E-state index in [-0.39, 0.29) is 16.8 Å². The van der Waals surface area contributed by atoms with Gasteiger partial charge in [-0.05, 0) is 25.1 Å². The topological polar surface area (TPSA) is 99.1 Å². The Labute approximate surface area is 153 Å². The molecule has 1 N–H and O–H groups in total. The SMILES string of the molecule is COC(=O)c1cn(-c2ccc3nc(C)cc(OC)c3c2)cc2c(=O)[nH]nc1-2. The van der Waals surface area contributed by atoms with Gasteiger partial charge in [0.15, 0.2) is 0 Å². The molecule has 2 aromatic rings. The van der Waals surface area contributed by atoms with E-state index in [1.54, 1.807) is 24.1 Å². The van der Waals surface area contributed by atoms with Gasteiger partial charge in [0.1, 0.15) is 17.0 Å². The molecule has 27 heavy (non-hydrogen) atoms. The Morgan fingerprint density at radius 1 is 1.19 bits per heavy atom. The lowest BCUT2D eigenvalue weighted by atomic mass is 10.1. The molecule has 0 atom stereocenters. The summed E-state index contributed by atoms with van der Waals surface area (Å²) in [5.41, 5.74) is 2.77. The van der Waals surface area contributed by atoms with E-state index in [1.807, 2.05) is 31.2 Å². The number of nitrogens with zero attached hydrogens (tertiary/aromatic N) is 3. The van der Waals surface area contributed by atoms with Gasteiger partial charge >= 0.3 is 5.97 Å². The van der Waals surface area contributed by atoms with E-state index in [4.69, 9.17) is 9.47 Å². The number of fused-ring (bicyclic) bond motifs is 2. The minimum absolute atomic E-state index is 0.197. The summed E-state index contributed by atoms with van der Waals surface area (Å²) in [6, 6.07) is 7.46. The highest BCUT2D eigenvalue weighted by Gasteiger charge is 2.22. The second-order valence-corrected chi connectivity index (χ2v) is 6.05. The average Bonchev–Trinajstić information content (AvgIpc) is 3.06. The zero-order valence-corrected chi connectivity index (χ0v) is 14.9. The number of aryl methyl sites for hydroxylation is 1. The number of benzene rings is 1. The number of esters is 1. The number of hydrogen-bond donors (Lipinski definition) is 1. The highest BCUT2D eigenvalue weighted by atomic mass is 16.5. The number of carbonyl (C=O) groups excluding carboxylic acids is 1. The van der Waals surface area contributed by atoms with Gasteiger partial charge in [0.2, 0.25) is 0 Å². The molecular weight excluding hydrogens is 348 g/mol. The summed E-state index contributed by atoms with van der Waals surface area (Å²) >= 11 is 0. The minimum Gasteiger partial charge on any atom is -0.496 e. The number of carbonyl (C=O) groups is 1. The summed E-state index contributed by atoms with van der Waals surface area (Å²) in [4.78, 5) is 28.7. The molecule has 136 valence electrons. The van der Waals surface area contributed by atoms with Gasteiger partial charge in [0.25, 0.3) is 5.56 Å². The van der Waals surface area contributed by atoms with Crippen LogP contribution in [0.4, 0.5) is 0 Å². The zero-order valence-electron chi connectivity index (χ0n) is 14.9. The minimum atomic E-state index is -0.573. The molecule has 8 heteroatoms. The first-order chi connectivity index (χ1) is 13.0. The maximum absolute atomic E-state index is 12.1. The predicted octanol–water partition coefficient (Wildman–Crippen LogP) is 2.32. The molecule has 0 fully saturated rings. The molecule has 2 aliphatic rings. The molecule has 4 rings (SSSR count). The van der Waals surface area contributed by atoms with Gasteiger partial charge in [0, 0.05) is 35.2 Å². The summed E-state index contributed by atoms with van der Waals surface area (Å²) in [5.74, 6) is 0.124. The Kier molecular flexibility index (Phi) is 3.88. The number of H-pyrrole nitrogens is 1. The number of pyridine rings is 2. The molecule has 0 saturated heterocycles. The van der Waals surface area contributed by atoms with Crippen LogP contribution in [0.1, 0.15) is 16.1 Å². The quantitative estimate of drug-likeness (QED) is 0.560. The first kappa shape index (κ1) is 16.8. The molecular formula is C19H16N4O4. The van der Waals surface area contributed by atoms with Crippen LogP contribution in [0.25, 0.3) is 27.8 Å². The summed E-state index contributed by atoms with van der Waals surface area (Å²) in [7, 11) is 2.88. The number of aromatic amines is 1. The van der Waals surface area contributed by atoms with Crippen molar-refractivity contribution in [1.29, 1.82) is 0 Å². The highest BCUT2D eigenvalue weighted by Crippen LogP contribution is 2.29. The summed E-state index contributed by atoms with van der Waals surface area (Å²) in [5, 5.41) is 7.12. The largest absolute Gasteiger partial charge is 0.496 e. The van der Waals surface area contributed by atoms with Crippen molar-refractivity contribution < 1.29 is 14.3 Å². The fourth-order valence-electron chi connectivity index (χ4n) is 3.08. The van der Waals surface area contributed by atoms with Crippen molar-refractivity contribution in [1.82, 2.24) is 19.7 Å². The summed E-state index contributed by atoms with van der Waals surface area (Å²) < 4.78 is 12.0. The van der Waals surface area contributed by atoms with Gasteiger partial charge in [-0.2, -0.15) is 5.10 Å². The maximum Gasteiger partial charge on any atom is 0.341 e. The van der Waals surface area contributed by atoms with Crippen molar-refractivity contribution in [3.05, 3.63) is 58.3 Å². The van der Waals surface area contributed by atoms with E-state index in [2.05, 4.69) is 15.2 Å². The summed E-state index contributed by atoms with van der Waals surface area (Å²) in [6.45, 7) is 1.90. The van der Waals surface area contributed by atoms with E-state index in [9.17, 15) is 9.59 Å².